The summed E-state index contributed by atoms with van der Waals surface area (Å²) in [7, 11) is 1.98. The molecule has 2 N–H and O–H groups in total. The number of hydrogen-bond donors (Lipinski definition) is 1. The monoisotopic (exact) mass is 324 g/mol. The van der Waals surface area contributed by atoms with Gasteiger partial charge in [0.05, 0.1) is 11.4 Å². The number of hydrogen-bond acceptors (Lipinski definition) is 5. The molecule has 5 nitrogen and oxygen atoms in total. The molecule has 1 aromatic heterocycles. The molecule has 6 heteroatoms. The van der Waals surface area contributed by atoms with Crippen LogP contribution < -0.4 is 11.3 Å². The normalized spacial score (nSPS) is 19.0. The van der Waals surface area contributed by atoms with Crippen LogP contribution in [0.4, 0.5) is 0 Å². The van der Waals surface area contributed by atoms with E-state index in [9.17, 15) is 4.79 Å². The van der Waals surface area contributed by atoms with E-state index in [1.807, 2.05) is 55.4 Å². The average molecular weight is 324 g/mol. The van der Waals surface area contributed by atoms with Crippen LogP contribution in [0.5, 0.6) is 0 Å². The first-order valence-corrected chi connectivity index (χ1v) is 8.20. The molecule has 0 aliphatic carbocycles. The van der Waals surface area contributed by atoms with Crippen molar-refractivity contribution in [2.45, 2.75) is 17.2 Å². The van der Waals surface area contributed by atoms with Crippen LogP contribution in [0.1, 0.15) is 11.3 Å². The second kappa shape index (κ2) is 5.03. The number of rotatable bonds is 1. The molecule has 2 aliphatic heterocycles. The summed E-state index contributed by atoms with van der Waals surface area (Å²) in [6.07, 6.45) is 5.38. The molecular formula is C17H16N4OS. The first-order chi connectivity index (χ1) is 11.1. The Kier molecular flexibility index (Phi) is 3.09. The maximum Gasteiger partial charge on any atom is 0.272 e. The molecule has 1 aromatic carbocycles. The molecule has 0 spiro atoms. The predicted molar refractivity (Wildman–Crippen MR) is 92.2 cm³/mol. The fourth-order valence-electron chi connectivity index (χ4n) is 2.84. The summed E-state index contributed by atoms with van der Waals surface area (Å²) in [6.45, 7) is 2.02. The third-order valence-electron chi connectivity index (χ3n) is 4.14. The van der Waals surface area contributed by atoms with Crippen molar-refractivity contribution in [3.05, 3.63) is 70.2 Å². The summed E-state index contributed by atoms with van der Waals surface area (Å²) in [4.78, 5) is 20.1. The minimum Gasteiger partial charge on any atom is -0.398 e. The van der Waals surface area contributed by atoms with Crippen molar-refractivity contribution >= 4 is 17.3 Å². The first-order valence-electron chi connectivity index (χ1n) is 7.32. The summed E-state index contributed by atoms with van der Waals surface area (Å²) in [6, 6.07) is 7.83. The number of thioether (sulfide) groups is 1. The van der Waals surface area contributed by atoms with Crippen molar-refractivity contribution < 1.29 is 0 Å². The highest BCUT2D eigenvalue weighted by molar-refractivity contribution is 8.00. The molecule has 0 saturated carbocycles. The van der Waals surface area contributed by atoms with E-state index in [4.69, 9.17) is 5.73 Å². The van der Waals surface area contributed by atoms with Crippen LogP contribution in [-0.4, -0.2) is 26.9 Å². The fourth-order valence-corrected chi connectivity index (χ4v) is 4.14. The molecule has 116 valence electrons. The van der Waals surface area contributed by atoms with Gasteiger partial charge in [0.15, 0.2) is 0 Å². The van der Waals surface area contributed by atoms with Gasteiger partial charge in [-0.2, -0.15) is 0 Å². The second-order valence-electron chi connectivity index (χ2n) is 5.75. The molecule has 1 unspecified atom stereocenters. The number of allylic oxidation sites excluding steroid dienone is 1. The lowest BCUT2D eigenvalue weighted by atomic mass is 10.1. The summed E-state index contributed by atoms with van der Waals surface area (Å²) in [5.41, 5.74) is 10.4. The highest BCUT2D eigenvalue weighted by Gasteiger charge is 2.37. The Morgan fingerprint density at radius 2 is 2.00 bits per heavy atom. The van der Waals surface area contributed by atoms with Crippen molar-refractivity contribution in [2.24, 2.45) is 5.73 Å². The van der Waals surface area contributed by atoms with Gasteiger partial charge >= 0.3 is 0 Å². The van der Waals surface area contributed by atoms with Gasteiger partial charge in [0.2, 0.25) is 0 Å². The third-order valence-corrected chi connectivity index (χ3v) is 5.54. The van der Waals surface area contributed by atoms with Gasteiger partial charge in [-0.05, 0) is 25.1 Å². The Bertz CT molecular complexity index is 911. The molecule has 1 atom stereocenters. The molecule has 0 radical (unpaired) electrons. The Hall–Kier alpha value is -2.47. The summed E-state index contributed by atoms with van der Waals surface area (Å²) in [5, 5.41) is 0.0177. The smallest absolute Gasteiger partial charge is 0.272 e. The highest BCUT2D eigenvalue weighted by atomic mass is 32.2. The number of nitrogens with zero attached hydrogens (tertiary/aromatic N) is 3. The zero-order valence-corrected chi connectivity index (χ0v) is 13.7. The lowest BCUT2D eigenvalue weighted by Gasteiger charge is -2.26. The Morgan fingerprint density at radius 1 is 1.26 bits per heavy atom. The minimum atomic E-state index is -0.0491. The van der Waals surface area contributed by atoms with Crippen LogP contribution in [0.2, 0.25) is 0 Å². The van der Waals surface area contributed by atoms with E-state index in [1.54, 1.807) is 10.9 Å². The van der Waals surface area contributed by atoms with Crippen molar-refractivity contribution in [3.8, 4) is 5.69 Å². The van der Waals surface area contributed by atoms with E-state index in [0.29, 0.717) is 16.3 Å². The van der Waals surface area contributed by atoms with Crippen LogP contribution >= 0.6 is 11.8 Å². The molecule has 3 heterocycles. The Morgan fingerprint density at radius 3 is 2.74 bits per heavy atom. The molecule has 0 amide bonds. The molecule has 0 bridgehead atoms. The van der Waals surface area contributed by atoms with Crippen LogP contribution in [0.15, 0.2) is 58.3 Å². The van der Waals surface area contributed by atoms with Crippen molar-refractivity contribution in [3.63, 3.8) is 0 Å². The molecule has 2 aliphatic rings. The fraction of sp³-hybridized carbons (Fsp3) is 0.176. The molecular weight excluding hydrogens is 308 g/mol. The number of aromatic nitrogens is 2. The zero-order chi connectivity index (χ0) is 16.1. The van der Waals surface area contributed by atoms with Gasteiger partial charge < -0.3 is 10.6 Å². The van der Waals surface area contributed by atoms with Crippen LogP contribution in [0.25, 0.3) is 11.3 Å². The van der Waals surface area contributed by atoms with Gasteiger partial charge in [-0.3, -0.25) is 9.36 Å². The van der Waals surface area contributed by atoms with Crippen LogP contribution in [0, 0.1) is 6.92 Å². The quantitative estimate of drug-likeness (QED) is 0.870. The molecule has 23 heavy (non-hydrogen) atoms. The number of benzene rings is 1. The van der Waals surface area contributed by atoms with E-state index < -0.39 is 0 Å². The van der Waals surface area contributed by atoms with Gasteiger partial charge in [0.1, 0.15) is 16.6 Å². The summed E-state index contributed by atoms with van der Waals surface area (Å²) in [5.74, 6) is 0. The molecule has 2 aromatic rings. The van der Waals surface area contributed by atoms with Crippen molar-refractivity contribution in [2.75, 3.05) is 7.05 Å². The Labute approximate surface area is 138 Å². The first kappa shape index (κ1) is 14.1. The van der Waals surface area contributed by atoms with E-state index in [1.165, 1.54) is 11.8 Å². The van der Waals surface area contributed by atoms with Crippen LogP contribution in [0.3, 0.4) is 0 Å². The minimum absolute atomic E-state index is 0.0177. The van der Waals surface area contributed by atoms with Crippen molar-refractivity contribution in [1.82, 2.24) is 14.5 Å². The highest BCUT2D eigenvalue weighted by Crippen LogP contribution is 2.45. The lowest BCUT2D eigenvalue weighted by Crippen LogP contribution is -2.27. The second-order valence-corrected chi connectivity index (χ2v) is 6.84. The lowest BCUT2D eigenvalue weighted by molar-refractivity contribution is 0.482. The predicted octanol–water partition coefficient (Wildman–Crippen LogP) is 2.10. The largest absolute Gasteiger partial charge is 0.398 e. The zero-order valence-electron chi connectivity index (χ0n) is 12.9. The molecule has 0 saturated heterocycles. The average Bonchev–Trinajstić information content (AvgIpc) is 2.94. The number of nitrogens with two attached hydrogens (primary N) is 1. The van der Waals surface area contributed by atoms with E-state index in [-0.39, 0.29) is 10.9 Å². The van der Waals surface area contributed by atoms with Gasteiger partial charge in [-0.25, -0.2) is 4.98 Å². The Balaban J connectivity index is 1.88. The number of fused-ring (bicyclic) bond motifs is 3. The summed E-state index contributed by atoms with van der Waals surface area (Å²) < 4.78 is 1.59. The molecule has 4 rings (SSSR count). The standard InChI is InChI=1S/C17H16N4OS/c1-10-3-5-11(6-4-10)21-9-19-14-13-12(18)7-8-20(2)17(13)23-15(14)16(21)22/h3-9,17H,18H2,1-2H3. The third kappa shape index (κ3) is 2.09. The van der Waals surface area contributed by atoms with E-state index in [2.05, 4.69) is 4.98 Å². The number of likely N-dealkylation sites (N-methyl/N-ethyl adjacent to an activating group) is 1. The van der Waals surface area contributed by atoms with Crippen molar-refractivity contribution in [1.29, 1.82) is 0 Å². The SMILES string of the molecule is Cc1ccc(-n2cnc3c(c2=O)SC2C3=C(N)C=CN2C)cc1. The van der Waals surface area contributed by atoms with Gasteiger partial charge in [0.25, 0.3) is 5.56 Å². The van der Waals surface area contributed by atoms with Gasteiger partial charge in [0, 0.05) is 24.5 Å². The van der Waals surface area contributed by atoms with E-state index >= 15 is 0 Å². The number of aryl methyl sites for hydroxylation is 1. The maximum absolute atomic E-state index is 12.9. The van der Waals surface area contributed by atoms with E-state index in [0.717, 1.165) is 16.8 Å². The van der Waals surface area contributed by atoms with Crippen LogP contribution in [-0.2, 0) is 0 Å². The van der Waals surface area contributed by atoms with Gasteiger partial charge in [-0.15, -0.1) is 0 Å². The topological polar surface area (TPSA) is 64.1 Å². The summed E-state index contributed by atoms with van der Waals surface area (Å²) >= 11 is 1.51. The maximum atomic E-state index is 12.9. The van der Waals surface area contributed by atoms with Gasteiger partial charge in [-0.1, -0.05) is 29.5 Å². The molecule has 0 fully saturated rings.